The van der Waals surface area contributed by atoms with Crippen LogP contribution >= 0.6 is 0 Å². The molecule has 7 heterocycles. The van der Waals surface area contributed by atoms with E-state index in [2.05, 4.69) is 60.2 Å². The molecule has 14 nitrogen and oxygen atoms in total. The molecule has 3 fully saturated rings. The number of hydrogen-bond donors (Lipinski definition) is 2. The van der Waals surface area contributed by atoms with Gasteiger partial charge in [0.05, 0.1) is 23.4 Å². The second-order valence-electron chi connectivity index (χ2n) is 15.5. The molecule has 2 saturated heterocycles. The number of unbranched alkanes of at least 4 members (excludes halogenated alkanes) is 1. The van der Waals surface area contributed by atoms with Crippen LogP contribution in [0.5, 0.6) is 11.6 Å². The number of nitrogens with one attached hydrogen (secondary N) is 2. The van der Waals surface area contributed by atoms with Gasteiger partial charge >= 0.3 is 0 Å². The number of benzene rings is 2. The number of pyridine rings is 3. The lowest BCUT2D eigenvalue weighted by Crippen LogP contribution is -2.54. The maximum atomic E-state index is 13.2. The van der Waals surface area contributed by atoms with Gasteiger partial charge in [-0.3, -0.25) is 34.4 Å². The summed E-state index contributed by atoms with van der Waals surface area (Å²) in [5, 5.41) is 4.48. The van der Waals surface area contributed by atoms with Crippen molar-refractivity contribution in [2.75, 3.05) is 24.6 Å². The Balaban J connectivity index is 0.619. The van der Waals surface area contributed by atoms with E-state index < -0.39 is 29.7 Å². The number of amides is 4. The molecular formula is C46H39N7O7. The minimum Gasteiger partial charge on any atom is -0.489 e. The summed E-state index contributed by atoms with van der Waals surface area (Å²) >= 11 is 0. The first-order valence-electron chi connectivity index (χ1n) is 20.2. The topological polar surface area (TPSA) is 169 Å². The summed E-state index contributed by atoms with van der Waals surface area (Å²) in [4.78, 5) is 69.8. The fraction of sp³-hybridized carbons (Fsp3) is 0.283. The molecule has 300 valence electrons. The van der Waals surface area contributed by atoms with Crippen molar-refractivity contribution in [2.24, 2.45) is 0 Å². The molecule has 1 aliphatic carbocycles. The first-order chi connectivity index (χ1) is 29.3. The lowest BCUT2D eigenvalue weighted by molar-refractivity contribution is -0.136. The summed E-state index contributed by atoms with van der Waals surface area (Å²) in [5.41, 5.74) is 6.25. The van der Waals surface area contributed by atoms with Crippen LogP contribution in [0.25, 0.3) is 32.9 Å². The van der Waals surface area contributed by atoms with E-state index in [9.17, 15) is 19.2 Å². The zero-order chi connectivity index (χ0) is 40.7. The minimum absolute atomic E-state index is 0.0429. The van der Waals surface area contributed by atoms with E-state index in [1.807, 2.05) is 42.7 Å². The van der Waals surface area contributed by atoms with Gasteiger partial charge in [0.15, 0.2) is 0 Å². The molecule has 4 amide bonds. The number of fused-ring (bicyclic) bond motifs is 4. The number of imide groups is 2. The normalized spacial score (nSPS) is 20.0. The molecule has 3 aliphatic heterocycles. The largest absolute Gasteiger partial charge is 0.489 e. The summed E-state index contributed by atoms with van der Waals surface area (Å²) < 4.78 is 18.2. The van der Waals surface area contributed by atoms with E-state index in [4.69, 9.17) is 14.2 Å². The van der Waals surface area contributed by atoms with E-state index in [1.165, 1.54) is 0 Å². The Bertz CT molecular complexity index is 2730. The van der Waals surface area contributed by atoms with Gasteiger partial charge in [0.25, 0.3) is 11.8 Å². The van der Waals surface area contributed by atoms with Crippen molar-refractivity contribution in [1.29, 1.82) is 0 Å². The fourth-order valence-corrected chi connectivity index (χ4v) is 8.12. The highest BCUT2D eigenvalue weighted by molar-refractivity contribution is 6.23. The van der Waals surface area contributed by atoms with Crippen molar-refractivity contribution < 1.29 is 33.4 Å². The molecule has 2 aromatic carbocycles. The number of carbonyl (C=O) groups excluding carboxylic acids is 4. The lowest BCUT2D eigenvalue weighted by Gasteiger charge is -2.40. The highest BCUT2D eigenvalue weighted by atomic mass is 16.5. The molecule has 0 bridgehead atoms. The van der Waals surface area contributed by atoms with Crippen LogP contribution in [0.1, 0.15) is 64.9 Å². The van der Waals surface area contributed by atoms with Crippen molar-refractivity contribution in [3.63, 3.8) is 0 Å². The molecule has 4 aliphatic rings. The average molecular weight is 802 g/mol. The first kappa shape index (κ1) is 37.2. The number of hydrogen-bond acceptors (Lipinski definition) is 11. The molecule has 2 N–H and O–H groups in total. The number of carbonyl (C=O) groups is 4. The Morgan fingerprint density at radius 3 is 2.43 bits per heavy atom. The van der Waals surface area contributed by atoms with E-state index in [0.717, 1.165) is 62.8 Å². The third-order valence-corrected chi connectivity index (χ3v) is 11.5. The van der Waals surface area contributed by atoms with Crippen LogP contribution in [0, 0.1) is 11.8 Å². The van der Waals surface area contributed by atoms with Crippen molar-refractivity contribution in [3.8, 4) is 34.6 Å². The number of nitrogens with zero attached hydrogens (tertiary/aromatic N) is 5. The maximum Gasteiger partial charge on any atom is 0.262 e. The SMILES string of the molecule is O=C1CCC(N2C(=O)c3ccc(N4CC(OCCCC#Cc5ccc(OC6CC(Oc7ccc(-c8ccc9c(c8)[nH]c8ccncc89)cn7)C6)cn5)C4)cc3C2=O)C(=O)N1. The Labute approximate surface area is 344 Å². The lowest BCUT2D eigenvalue weighted by atomic mass is 9.92. The van der Waals surface area contributed by atoms with Gasteiger partial charge in [-0.1, -0.05) is 18.1 Å². The van der Waals surface area contributed by atoms with E-state index in [-0.39, 0.29) is 42.3 Å². The zero-order valence-corrected chi connectivity index (χ0v) is 32.4. The van der Waals surface area contributed by atoms with Crippen molar-refractivity contribution in [1.82, 2.24) is 30.2 Å². The summed E-state index contributed by atoms with van der Waals surface area (Å²) in [5.74, 6) is 5.54. The standard InChI is InChI=1S/C46H39N7O7/c54-42-13-12-41(44(55)51-42)53-45(56)36-11-8-30(19-37(36)46(53)57)52-25-34(26-52)58-17-3-1-2-4-29-7-9-31(23-48-29)59-32-20-33(21-32)60-43-14-6-28(22-49-43)27-5-10-35-38-24-47-16-15-39(38)50-40(35)18-27/h5-11,14-16,18-19,22-24,32-34,41,50H,1,3,12-13,17,20-21,25-26H2,(H,51,54,55). The Morgan fingerprint density at radius 1 is 0.767 bits per heavy atom. The van der Waals surface area contributed by atoms with Crippen molar-refractivity contribution in [3.05, 3.63) is 108 Å². The van der Waals surface area contributed by atoms with Crippen LogP contribution < -0.4 is 19.7 Å². The number of anilines is 1. The van der Waals surface area contributed by atoms with Crippen molar-refractivity contribution >= 4 is 51.1 Å². The second kappa shape index (κ2) is 15.6. The quantitative estimate of drug-likeness (QED) is 0.0951. The molecule has 0 radical (unpaired) electrons. The van der Waals surface area contributed by atoms with Gasteiger partial charge in [0, 0.05) is 103 Å². The van der Waals surface area contributed by atoms with Crippen LogP contribution in [0.4, 0.5) is 5.69 Å². The van der Waals surface area contributed by atoms with Crippen LogP contribution in [-0.4, -0.2) is 92.5 Å². The van der Waals surface area contributed by atoms with Crippen LogP contribution in [0.15, 0.2) is 91.5 Å². The number of aromatic nitrogens is 4. The van der Waals surface area contributed by atoms with E-state index in [0.29, 0.717) is 43.4 Å². The number of aromatic amines is 1. The van der Waals surface area contributed by atoms with Gasteiger partial charge in [0.1, 0.15) is 29.7 Å². The molecule has 6 aromatic rings. The van der Waals surface area contributed by atoms with Crippen LogP contribution in [0.2, 0.25) is 0 Å². The predicted molar refractivity (Wildman–Crippen MR) is 220 cm³/mol. The number of rotatable bonds is 11. The molecular weight excluding hydrogens is 763 g/mol. The Morgan fingerprint density at radius 2 is 1.62 bits per heavy atom. The van der Waals surface area contributed by atoms with E-state index >= 15 is 0 Å². The van der Waals surface area contributed by atoms with Gasteiger partial charge in [0.2, 0.25) is 17.7 Å². The molecule has 4 aromatic heterocycles. The molecule has 60 heavy (non-hydrogen) atoms. The monoisotopic (exact) mass is 801 g/mol. The van der Waals surface area contributed by atoms with Crippen molar-refractivity contribution in [2.45, 2.75) is 62.9 Å². The number of H-pyrrole nitrogens is 1. The predicted octanol–water partition coefficient (Wildman–Crippen LogP) is 5.60. The van der Waals surface area contributed by atoms with Gasteiger partial charge in [-0.05, 0) is 72.9 Å². The molecule has 14 heteroatoms. The first-order valence-corrected chi connectivity index (χ1v) is 20.2. The third-order valence-electron chi connectivity index (χ3n) is 11.5. The fourth-order valence-electron chi connectivity index (χ4n) is 8.12. The van der Waals surface area contributed by atoms with Crippen LogP contribution in [0.3, 0.4) is 0 Å². The van der Waals surface area contributed by atoms with Crippen LogP contribution in [-0.2, 0) is 14.3 Å². The zero-order valence-electron chi connectivity index (χ0n) is 32.4. The summed E-state index contributed by atoms with van der Waals surface area (Å²) in [6, 6.07) is 20.2. The molecule has 1 atom stereocenters. The molecule has 1 unspecified atom stereocenters. The Hall–Kier alpha value is -7.11. The molecule has 0 spiro atoms. The third kappa shape index (κ3) is 7.28. The maximum absolute atomic E-state index is 13.2. The second-order valence-corrected chi connectivity index (χ2v) is 15.5. The van der Waals surface area contributed by atoms with Gasteiger partial charge < -0.3 is 24.1 Å². The smallest absolute Gasteiger partial charge is 0.262 e. The Kier molecular flexibility index (Phi) is 9.65. The highest BCUT2D eigenvalue weighted by Crippen LogP contribution is 2.34. The summed E-state index contributed by atoms with van der Waals surface area (Å²) in [7, 11) is 0. The van der Waals surface area contributed by atoms with Gasteiger partial charge in [-0.25, -0.2) is 9.97 Å². The van der Waals surface area contributed by atoms with E-state index in [1.54, 1.807) is 30.6 Å². The number of ether oxygens (including phenoxy) is 3. The summed E-state index contributed by atoms with van der Waals surface area (Å²) in [6.45, 7) is 1.89. The highest BCUT2D eigenvalue weighted by Gasteiger charge is 2.45. The number of piperidine rings is 1. The minimum atomic E-state index is -0.983. The van der Waals surface area contributed by atoms with Gasteiger partial charge in [-0.2, -0.15) is 0 Å². The molecule has 10 rings (SSSR count). The molecule has 1 saturated carbocycles. The van der Waals surface area contributed by atoms with Gasteiger partial charge in [-0.15, -0.1) is 0 Å². The average Bonchev–Trinajstić information content (AvgIpc) is 3.72. The summed E-state index contributed by atoms with van der Waals surface area (Å²) in [6.07, 6.45) is 10.6.